The third-order valence-electron chi connectivity index (χ3n) is 3.38. The van der Waals surface area contributed by atoms with Crippen molar-refractivity contribution < 1.29 is 34.2 Å². The van der Waals surface area contributed by atoms with Crippen LogP contribution in [0.2, 0.25) is 0 Å². The largest absolute Gasteiger partial charge is 0.480 e. The zero-order valence-corrected chi connectivity index (χ0v) is 15.6. The summed E-state index contributed by atoms with van der Waals surface area (Å²) in [5.74, 6) is -4.76. The first-order chi connectivity index (χ1) is 12.5. The van der Waals surface area contributed by atoms with E-state index >= 15 is 0 Å². The lowest BCUT2D eigenvalue weighted by molar-refractivity contribution is -0.142. The van der Waals surface area contributed by atoms with Crippen molar-refractivity contribution in [3.05, 3.63) is 0 Å². The Bertz CT molecular complexity index is 572. The third kappa shape index (κ3) is 9.21. The second-order valence-corrected chi connectivity index (χ2v) is 6.00. The Kier molecular flexibility index (Phi) is 11.0. The monoisotopic (exact) mass is 407 g/mol. The maximum Gasteiger partial charge on any atom is 0.326 e. The maximum atomic E-state index is 12.2. The molecule has 4 atom stereocenters. The van der Waals surface area contributed by atoms with Crippen molar-refractivity contribution in [1.29, 1.82) is 0 Å². The number of aliphatic carboxylic acids is 1. The number of primary amides is 1. The molecular weight excluding hydrogens is 382 g/mol. The second kappa shape index (κ2) is 12.1. The summed E-state index contributed by atoms with van der Waals surface area (Å²) in [6.45, 7) is 0.842. The third-order valence-corrected chi connectivity index (χ3v) is 3.74. The number of aliphatic hydroxyl groups is 1. The van der Waals surface area contributed by atoms with Gasteiger partial charge in [-0.3, -0.25) is 19.2 Å². The Morgan fingerprint density at radius 3 is 2.00 bits per heavy atom. The number of hydrogen-bond donors (Lipinski definition) is 8. The van der Waals surface area contributed by atoms with E-state index in [1.807, 2.05) is 0 Å². The average molecular weight is 407 g/mol. The molecule has 0 rings (SSSR count). The van der Waals surface area contributed by atoms with E-state index in [1.54, 1.807) is 0 Å². The van der Waals surface area contributed by atoms with Crippen LogP contribution in [0.5, 0.6) is 0 Å². The number of carbonyl (C=O) groups excluding carboxylic acids is 4. The fraction of sp³-hybridized carbons (Fsp3) is 0.643. The highest BCUT2D eigenvalue weighted by molar-refractivity contribution is 7.80. The van der Waals surface area contributed by atoms with Gasteiger partial charge in [0.1, 0.15) is 18.1 Å². The molecule has 0 aliphatic rings. The lowest BCUT2D eigenvalue weighted by Crippen LogP contribution is -2.59. The van der Waals surface area contributed by atoms with Crippen LogP contribution in [0.1, 0.15) is 19.8 Å². The van der Waals surface area contributed by atoms with Gasteiger partial charge in [0.05, 0.1) is 12.6 Å². The van der Waals surface area contributed by atoms with Crippen LogP contribution in [-0.2, 0) is 24.0 Å². The van der Waals surface area contributed by atoms with E-state index in [0.717, 1.165) is 0 Å². The highest BCUT2D eigenvalue weighted by Crippen LogP contribution is 2.01. The molecule has 0 bridgehead atoms. The van der Waals surface area contributed by atoms with Gasteiger partial charge in [0.2, 0.25) is 23.6 Å². The predicted molar refractivity (Wildman–Crippen MR) is 96.4 cm³/mol. The van der Waals surface area contributed by atoms with E-state index in [9.17, 15) is 29.1 Å². The Labute approximate surface area is 160 Å². The van der Waals surface area contributed by atoms with Crippen LogP contribution in [0.3, 0.4) is 0 Å². The summed E-state index contributed by atoms with van der Waals surface area (Å²) in [6, 6.07) is -4.03. The van der Waals surface area contributed by atoms with Crippen LogP contribution in [-0.4, -0.2) is 76.3 Å². The molecule has 13 heteroatoms. The van der Waals surface area contributed by atoms with Crippen molar-refractivity contribution >= 4 is 42.2 Å². The maximum absolute atomic E-state index is 12.2. The van der Waals surface area contributed by atoms with E-state index in [1.165, 1.54) is 6.92 Å². The molecule has 0 spiro atoms. The SMILES string of the molecule is CC(O)C(NC(=O)CN)C(=O)NC(CS)C(=O)NC(CCC(N)=O)C(=O)O. The first kappa shape index (κ1) is 24.6. The predicted octanol–water partition coefficient (Wildman–Crippen LogP) is -3.94. The summed E-state index contributed by atoms with van der Waals surface area (Å²) >= 11 is 3.93. The quantitative estimate of drug-likeness (QED) is 0.149. The number of carbonyl (C=O) groups is 5. The van der Waals surface area contributed by atoms with E-state index in [4.69, 9.17) is 16.6 Å². The number of aliphatic hydroxyl groups excluding tert-OH is 1. The molecule has 0 saturated heterocycles. The van der Waals surface area contributed by atoms with Gasteiger partial charge in [-0.15, -0.1) is 0 Å². The Morgan fingerprint density at radius 2 is 1.59 bits per heavy atom. The molecule has 0 heterocycles. The number of amides is 4. The number of nitrogens with two attached hydrogens (primary N) is 2. The minimum Gasteiger partial charge on any atom is -0.480 e. The van der Waals surface area contributed by atoms with Crippen molar-refractivity contribution in [2.24, 2.45) is 11.5 Å². The molecule has 9 N–H and O–H groups in total. The first-order valence-corrected chi connectivity index (χ1v) is 8.56. The van der Waals surface area contributed by atoms with Crippen LogP contribution in [0, 0.1) is 0 Å². The Balaban J connectivity index is 5.03. The van der Waals surface area contributed by atoms with E-state index < -0.39 is 60.4 Å². The van der Waals surface area contributed by atoms with Crippen LogP contribution < -0.4 is 27.4 Å². The topological polar surface area (TPSA) is 214 Å². The van der Waals surface area contributed by atoms with Gasteiger partial charge in [-0.2, -0.15) is 12.6 Å². The summed E-state index contributed by atoms with van der Waals surface area (Å²) < 4.78 is 0. The van der Waals surface area contributed by atoms with Crippen molar-refractivity contribution in [3.63, 3.8) is 0 Å². The van der Waals surface area contributed by atoms with Crippen molar-refractivity contribution in [3.8, 4) is 0 Å². The minimum absolute atomic E-state index is 0.197. The Morgan fingerprint density at radius 1 is 1.04 bits per heavy atom. The average Bonchev–Trinajstić information content (AvgIpc) is 2.59. The van der Waals surface area contributed by atoms with Gasteiger partial charge >= 0.3 is 5.97 Å². The number of thiol groups is 1. The van der Waals surface area contributed by atoms with Gasteiger partial charge in [-0.05, 0) is 13.3 Å². The molecule has 0 aromatic rings. The lowest BCUT2D eigenvalue weighted by atomic mass is 10.1. The molecule has 0 radical (unpaired) electrons. The van der Waals surface area contributed by atoms with Crippen molar-refractivity contribution in [1.82, 2.24) is 16.0 Å². The number of carboxylic acid groups (broad SMARTS) is 1. The molecule has 154 valence electrons. The highest BCUT2D eigenvalue weighted by atomic mass is 32.1. The molecule has 4 amide bonds. The van der Waals surface area contributed by atoms with Gasteiger partial charge in [0, 0.05) is 12.2 Å². The lowest BCUT2D eigenvalue weighted by Gasteiger charge is -2.24. The molecule has 0 fully saturated rings. The van der Waals surface area contributed by atoms with Crippen LogP contribution in [0.15, 0.2) is 0 Å². The highest BCUT2D eigenvalue weighted by Gasteiger charge is 2.30. The number of rotatable bonds is 12. The smallest absolute Gasteiger partial charge is 0.326 e. The van der Waals surface area contributed by atoms with Crippen LogP contribution in [0.4, 0.5) is 0 Å². The Hall–Kier alpha value is -2.38. The summed E-state index contributed by atoms with van der Waals surface area (Å²) in [5, 5.41) is 25.4. The first-order valence-electron chi connectivity index (χ1n) is 7.93. The summed E-state index contributed by atoms with van der Waals surface area (Å²) in [5.41, 5.74) is 10.1. The molecule has 0 aliphatic carbocycles. The van der Waals surface area contributed by atoms with Gasteiger partial charge in [-0.1, -0.05) is 0 Å². The molecule has 0 aromatic heterocycles. The number of hydrogen-bond acceptors (Lipinski definition) is 8. The molecule has 0 saturated carbocycles. The fourth-order valence-corrected chi connectivity index (χ4v) is 2.17. The summed E-state index contributed by atoms with van der Waals surface area (Å²) in [7, 11) is 0. The van der Waals surface area contributed by atoms with E-state index in [2.05, 4.69) is 28.6 Å². The van der Waals surface area contributed by atoms with E-state index in [-0.39, 0.29) is 18.6 Å². The fourth-order valence-electron chi connectivity index (χ4n) is 1.91. The standard InChI is InChI=1S/C14H25N5O7S/c1-6(20)11(19-10(22)4-15)13(24)18-8(5-27)12(23)17-7(14(25)26)2-3-9(16)21/h6-8,11,20,27H,2-5,15H2,1H3,(H2,16,21)(H,17,23)(H,18,24)(H,19,22)(H,25,26). The molecular formula is C14H25N5O7S. The normalized spacial score (nSPS) is 15.0. The summed E-state index contributed by atoms with van der Waals surface area (Å²) in [4.78, 5) is 57.7. The van der Waals surface area contributed by atoms with Crippen LogP contribution >= 0.6 is 12.6 Å². The molecule has 0 aliphatic heterocycles. The van der Waals surface area contributed by atoms with Gasteiger partial charge in [0.25, 0.3) is 0 Å². The number of nitrogens with one attached hydrogen (secondary N) is 3. The van der Waals surface area contributed by atoms with E-state index in [0.29, 0.717) is 0 Å². The van der Waals surface area contributed by atoms with Gasteiger partial charge in [-0.25, -0.2) is 4.79 Å². The van der Waals surface area contributed by atoms with Crippen molar-refractivity contribution in [2.75, 3.05) is 12.3 Å². The molecule has 0 aromatic carbocycles. The number of carboxylic acids is 1. The van der Waals surface area contributed by atoms with Gasteiger partial charge in [0.15, 0.2) is 0 Å². The van der Waals surface area contributed by atoms with Crippen molar-refractivity contribution in [2.45, 2.75) is 44.0 Å². The van der Waals surface area contributed by atoms with Gasteiger partial charge < -0.3 is 37.6 Å². The zero-order chi connectivity index (χ0) is 21.1. The second-order valence-electron chi connectivity index (χ2n) is 5.64. The molecule has 27 heavy (non-hydrogen) atoms. The minimum atomic E-state index is -1.39. The molecule has 4 unspecified atom stereocenters. The van der Waals surface area contributed by atoms with Crippen LogP contribution in [0.25, 0.3) is 0 Å². The zero-order valence-electron chi connectivity index (χ0n) is 14.7. The molecule has 12 nitrogen and oxygen atoms in total. The summed E-state index contributed by atoms with van der Waals surface area (Å²) in [6.07, 6.45) is -1.77.